The molecule has 1 amide bonds. The van der Waals surface area contributed by atoms with E-state index in [0.717, 1.165) is 36.6 Å². The van der Waals surface area contributed by atoms with Gasteiger partial charge in [-0.2, -0.15) is 10.2 Å². The van der Waals surface area contributed by atoms with Crippen molar-refractivity contribution in [3.63, 3.8) is 0 Å². The summed E-state index contributed by atoms with van der Waals surface area (Å²) in [5.74, 6) is 0.00559. The fourth-order valence-corrected chi connectivity index (χ4v) is 4.48. The Morgan fingerprint density at radius 3 is 2.61 bits per heavy atom. The van der Waals surface area contributed by atoms with Crippen LogP contribution in [0.3, 0.4) is 0 Å². The molecular weight excluding hydrogens is 422 g/mol. The van der Waals surface area contributed by atoms with Crippen LogP contribution in [-0.2, 0) is 7.05 Å². The summed E-state index contributed by atoms with van der Waals surface area (Å²) < 4.78 is 10.8. The highest BCUT2D eigenvalue weighted by molar-refractivity contribution is 6.08. The first kappa shape index (κ1) is 20.9. The molecule has 1 N–H and O–H groups in total. The third-order valence-electron chi connectivity index (χ3n) is 6.31. The summed E-state index contributed by atoms with van der Waals surface area (Å²) in [6.07, 6.45) is 11.0. The van der Waals surface area contributed by atoms with E-state index in [-0.39, 0.29) is 17.3 Å². The molecule has 0 atom stereocenters. The Hall–Kier alpha value is -3.95. The number of fused-ring (bicyclic) bond motifs is 1. The second-order valence-corrected chi connectivity index (χ2v) is 8.35. The number of carbonyl (C=O) groups excluding carboxylic acids is 1. The predicted molar refractivity (Wildman–Crippen MR) is 122 cm³/mol. The summed E-state index contributed by atoms with van der Waals surface area (Å²) in [5.41, 5.74) is 1.05. The topological polar surface area (TPSA) is 109 Å². The van der Waals surface area contributed by atoms with Gasteiger partial charge in [0.2, 0.25) is 0 Å². The standard InChI is InChI=1S/C23H25N7O3/c1-28-9-3-4-19(23(28)32)26-22(31)18-10-15-12-29(27-20(15)11-21(18)33-2)16-5-7-17(8-6-16)30-14-24-13-25-30/h3-4,9-14,16-17H,5-8H2,1-2H3,(H,26,31)/t16-,17-. The Morgan fingerprint density at radius 1 is 1.15 bits per heavy atom. The molecular formula is C23H25N7O3. The van der Waals surface area contributed by atoms with Crippen LogP contribution in [0.25, 0.3) is 10.9 Å². The Kier molecular flexibility index (Phi) is 5.41. The number of nitrogens with one attached hydrogen (secondary N) is 1. The number of carbonyl (C=O) groups is 1. The maximum atomic E-state index is 13.0. The molecule has 0 saturated heterocycles. The van der Waals surface area contributed by atoms with Crippen LogP contribution in [0.1, 0.15) is 48.1 Å². The summed E-state index contributed by atoms with van der Waals surface area (Å²) in [7, 11) is 3.15. The van der Waals surface area contributed by atoms with Crippen LogP contribution in [0, 0.1) is 0 Å². The average molecular weight is 447 g/mol. The van der Waals surface area contributed by atoms with Gasteiger partial charge in [-0.1, -0.05) is 0 Å². The zero-order valence-corrected chi connectivity index (χ0v) is 18.5. The van der Waals surface area contributed by atoms with E-state index >= 15 is 0 Å². The summed E-state index contributed by atoms with van der Waals surface area (Å²) in [5, 5.41) is 12.6. The number of benzene rings is 1. The van der Waals surface area contributed by atoms with E-state index in [0.29, 0.717) is 17.4 Å². The van der Waals surface area contributed by atoms with E-state index in [2.05, 4.69) is 15.4 Å². The highest BCUT2D eigenvalue weighted by Crippen LogP contribution is 2.35. The summed E-state index contributed by atoms with van der Waals surface area (Å²) in [6.45, 7) is 0. The summed E-state index contributed by atoms with van der Waals surface area (Å²) in [6, 6.07) is 7.48. The average Bonchev–Trinajstić information content (AvgIpc) is 3.51. The predicted octanol–water partition coefficient (Wildman–Crippen LogP) is 2.94. The molecule has 1 fully saturated rings. The lowest BCUT2D eigenvalue weighted by Crippen LogP contribution is -2.23. The lowest BCUT2D eigenvalue weighted by Gasteiger charge is -2.28. The fraction of sp³-hybridized carbons (Fsp3) is 0.348. The molecule has 0 radical (unpaired) electrons. The van der Waals surface area contributed by atoms with Crippen LogP contribution >= 0.6 is 0 Å². The van der Waals surface area contributed by atoms with Crippen molar-refractivity contribution in [3.05, 3.63) is 65.2 Å². The number of amides is 1. The van der Waals surface area contributed by atoms with E-state index in [9.17, 15) is 9.59 Å². The van der Waals surface area contributed by atoms with Crippen molar-refractivity contribution in [1.29, 1.82) is 0 Å². The molecule has 1 saturated carbocycles. The second-order valence-electron chi connectivity index (χ2n) is 8.35. The molecule has 1 aliphatic rings. The first-order chi connectivity index (χ1) is 16.0. The number of hydrogen-bond donors (Lipinski definition) is 1. The van der Waals surface area contributed by atoms with Gasteiger partial charge < -0.3 is 14.6 Å². The minimum Gasteiger partial charge on any atom is -0.496 e. The summed E-state index contributed by atoms with van der Waals surface area (Å²) in [4.78, 5) is 29.3. The molecule has 1 aromatic carbocycles. The maximum absolute atomic E-state index is 13.0. The van der Waals surface area contributed by atoms with Gasteiger partial charge in [0.1, 0.15) is 24.1 Å². The van der Waals surface area contributed by atoms with Crippen molar-refractivity contribution in [2.24, 2.45) is 7.05 Å². The van der Waals surface area contributed by atoms with Crippen molar-refractivity contribution in [2.45, 2.75) is 37.8 Å². The van der Waals surface area contributed by atoms with Gasteiger partial charge in [-0.05, 0) is 43.9 Å². The third kappa shape index (κ3) is 3.99. The number of ether oxygens (including phenoxy) is 1. The van der Waals surface area contributed by atoms with Crippen molar-refractivity contribution in [3.8, 4) is 5.75 Å². The van der Waals surface area contributed by atoms with E-state index in [1.165, 1.54) is 11.7 Å². The van der Waals surface area contributed by atoms with Gasteiger partial charge in [0.05, 0.1) is 30.3 Å². The number of aryl methyl sites for hydroxylation is 1. The highest BCUT2D eigenvalue weighted by Gasteiger charge is 2.25. The van der Waals surface area contributed by atoms with Gasteiger partial charge in [0, 0.05) is 30.9 Å². The number of hydrogen-bond acceptors (Lipinski definition) is 6. The first-order valence-electron chi connectivity index (χ1n) is 10.9. The quantitative estimate of drug-likeness (QED) is 0.504. The molecule has 0 unspecified atom stereocenters. The molecule has 3 aromatic heterocycles. The van der Waals surface area contributed by atoms with Gasteiger partial charge in [-0.15, -0.1) is 0 Å². The molecule has 10 nitrogen and oxygen atoms in total. The zero-order chi connectivity index (χ0) is 22.9. The maximum Gasteiger partial charge on any atom is 0.274 e. The first-order valence-corrected chi connectivity index (χ1v) is 10.9. The monoisotopic (exact) mass is 447 g/mol. The largest absolute Gasteiger partial charge is 0.496 e. The number of rotatable bonds is 5. The van der Waals surface area contributed by atoms with Crippen LogP contribution in [0.5, 0.6) is 5.75 Å². The molecule has 0 aliphatic heterocycles. The number of anilines is 1. The van der Waals surface area contributed by atoms with Crippen molar-refractivity contribution in [1.82, 2.24) is 29.1 Å². The Bertz CT molecular complexity index is 1350. The summed E-state index contributed by atoms with van der Waals surface area (Å²) >= 11 is 0. The van der Waals surface area contributed by atoms with E-state index in [4.69, 9.17) is 9.84 Å². The number of pyridine rings is 1. The molecule has 10 heteroatoms. The Labute approximate surface area is 189 Å². The lowest BCUT2D eigenvalue weighted by molar-refractivity contribution is 0.102. The van der Waals surface area contributed by atoms with Gasteiger partial charge in [0.15, 0.2) is 0 Å². The number of methoxy groups -OCH3 is 1. The minimum absolute atomic E-state index is 0.215. The fourth-order valence-electron chi connectivity index (χ4n) is 4.48. The van der Waals surface area contributed by atoms with Gasteiger partial charge in [0.25, 0.3) is 11.5 Å². The Balaban J connectivity index is 1.38. The molecule has 170 valence electrons. The van der Waals surface area contributed by atoms with Gasteiger partial charge >= 0.3 is 0 Å². The van der Waals surface area contributed by atoms with Crippen LogP contribution in [-0.4, -0.2) is 42.1 Å². The zero-order valence-electron chi connectivity index (χ0n) is 18.5. The molecule has 4 aromatic rings. The smallest absolute Gasteiger partial charge is 0.274 e. The molecule has 5 rings (SSSR count). The number of aromatic nitrogens is 6. The lowest BCUT2D eigenvalue weighted by atomic mass is 9.91. The van der Waals surface area contributed by atoms with E-state index in [1.807, 2.05) is 15.6 Å². The SMILES string of the molecule is COc1cc2nn([C@H]3CC[C@H](n4cncn4)CC3)cc2cc1C(=O)Nc1cccn(C)c1=O. The van der Waals surface area contributed by atoms with E-state index in [1.54, 1.807) is 50.2 Å². The van der Waals surface area contributed by atoms with Gasteiger partial charge in [-0.25, -0.2) is 9.67 Å². The third-order valence-corrected chi connectivity index (χ3v) is 6.31. The van der Waals surface area contributed by atoms with Crippen molar-refractivity contribution < 1.29 is 9.53 Å². The van der Waals surface area contributed by atoms with Crippen LogP contribution in [0.15, 0.2) is 54.1 Å². The van der Waals surface area contributed by atoms with Crippen LogP contribution in [0.4, 0.5) is 5.69 Å². The molecule has 33 heavy (non-hydrogen) atoms. The van der Waals surface area contributed by atoms with Crippen LogP contribution < -0.4 is 15.6 Å². The minimum atomic E-state index is -0.404. The van der Waals surface area contributed by atoms with Crippen molar-refractivity contribution >= 4 is 22.5 Å². The normalized spacial score (nSPS) is 18.4. The second kappa shape index (κ2) is 8.53. The molecule has 3 heterocycles. The van der Waals surface area contributed by atoms with Crippen LogP contribution in [0.2, 0.25) is 0 Å². The van der Waals surface area contributed by atoms with Crippen molar-refractivity contribution in [2.75, 3.05) is 12.4 Å². The molecule has 0 bridgehead atoms. The number of nitrogens with zero attached hydrogens (tertiary/aromatic N) is 6. The van der Waals surface area contributed by atoms with Gasteiger partial charge in [-0.3, -0.25) is 14.3 Å². The molecule has 0 spiro atoms. The van der Waals surface area contributed by atoms with E-state index < -0.39 is 5.91 Å². The highest BCUT2D eigenvalue weighted by atomic mass is 16.5. The molecule has 1 aliphatic carbocycles. The Morgan fingerprint density at radius 2 is 1.91 bits per heavy atom.